The lowest BCUT2D eigenvalue weighted by Gasteiger charge is -2.05. The highest BCUT2D eigenvalue weighted by molar-refractivity contribution is 6.35. The van der Waals surface area contributed by atoms with Gasteiger partial charge in [-0.2, -0.15) is 0 Å². The number of fused-ring (bicyclic) bond motifs is 1. The molecule has 0 fully saturated rings. The molecule has 1 heterocycles. The minimum Gasteiger partial charge on any atom is -0.380 e. The summed E-state index contributed by atoms with van der Waals surface area (Å²) in [5, 5.41) is 1.24. The van der Waals surface area contributed by atoms with Crippen molar-refractivity contribution < 1.29 is 9.53 Å². The molecule has 0 saturated heterocycles. The maximum absolute atomic E-state index is 11.0. The first-order valence-electron chi connectivity index (χ1n) is 4.99. The zero-order valence-electron chi connectivity index (χ0n) is 9.24. The molecule has 2 rings (SSSR count). The number of pyridine rings is 1. The van der Waals surface area contributed by atoms with Crippen LogP contribution in [0, 0.1) is 0 Å². The van der Waals surface area contributed by atoms with Crippen LogP contribution in [0.5, 0.6) is 0 Å². The summed E-state index contributed by atoms with van der Waals surface area (Å²) < 4.78 is 5.04. The number of aromatic nitrogens is 1. The van der Waals surface area contributed by atoms with E-state index in [-0.39, 0.29) is 5.69 Å². The predicted octanol–water partition coefficient (Wildman–Crippen LogP) is 2.13. The summed E-state index contributed by atoms with van der Waals surface area (Å²) in [5.74, 6) is -0.588. The van der Waals surface area contributed by atoms with E-state index in [2.05, 4.69) is 4.98 Å². The largest absolute Gasteiger partial charge is 0.380 e. The number of hydrogen-bond donors (Lipinski definition) is 1. The van der Waals surface area contributed by atoms with Crippen molar-refractivity contribution in [2.75, 3.05) is 7.11 Å². The number of nitrogens with two attached hydrogens (primary N) is 1. The van der Waals surface area contributed by atoms with Gasteiger partial charge in [-0.25, -0.2) is 4.98 Å². The van der Waals surface area contributed by atoms with Gasteiger partial charge in [-0.15, -0.1) is 0 Å². The van der Waals surface area contributed by atoms with Gasteiger partial charge in [0.1, 0.15) is 5.69 Å². The Balaban J connectivity index is 2.60. The molecular weight excluding hydrogens is 240 g/mol. The number of carbonyl (C=O) groups excluding carboxylic acids is 1. The smallest absolute Gasteiger partial charge is 0.267 e. The maximum atomic E-state index is 11.0. The normalized spacial score (nSPS) is 10.7. The number of methoxy groups -OCH3 is 1. The monoisotopic (exact) mass is 250 g/mol. The number of halogens is 1. The quantitative estimate of drug-likeness (QED) is 0.908. The molecule has 1 aromatic heterocycles. The molecule has 0 spiro atoms. The standard InChI is InChI=1S/C12H11ClN2O2/c1-17-6-7-2-3-10-8(4-7)9(13)5-11(15-10)12(14)16/h2-5H,6H2,1H3,(H2,14,16). The number of nitrogens with zero attached hydrogens (tertiary/aromatic N) is 1. The topological polar surface area (TPSA) is 65.2 Å². The molecule has 0 aliphatic rings. The fourth-order valence-electron chi connectivity index (χ4n) is 1.61. The van der Waals surface area contributed by atoms with Crippen LogP contribution in [0.3, 0.4) is 0 Å². The highest BCUT2D eigenvalue weighted by Crippen LogP contribution is 2.24. The van der Waals surface area contributed by atoms with Gasteiger partial charge < -0.3 is 10.5 Å². The Bertz CT molecular complexity index is 584. The first-order chi connectivity index (χ1) is 8.11. The Morgan fingerprint density at radius 2 is 2.24 bits per heavy atom. The van der Waals surface area contributed by atoms with Crippen LogP contribution in [0.25, 0.3) is 10.9 Å². The fourth-order valence-corrected chi connectivity index (χ4v) is 1.87. The number of ether oxygens (including phenoxy) is 1. The molecule has 0 aliphatic carbocycles. The van der Waals surface area contributed by atoms with E-state index in [4.69, 9.17) is 22.1 Å². The average molecular weight is 251 g/mol. The van der Waals surface area contributed by atoms with Crippen molar-refractivity contribution >= 4 is 28.4 Å². The third-order valence-corrected chi connectivity index (χ3v) is 2.70. The second-order valence-electron chi connectivity index (χ2n) is 3.64. The van der Waals surface area contributed by atoms with Crippen molar-refractivity contribution in [1.82, 2.24) is 4.98 Å². The minimum absolute atomic E-state index is 0.169. The molecule has 1 amide bonds. The number of benzene rings is 1. The van der Waals surface area contributed by atoms with Gasteiger partial charge in [-0.05, 0) is 23.8 Å². The van der Waals surface area contributed by atoms with E-state index in [1.54, 1.807) is 13.2 Å². The Kier molecular flexibility index (Phi) is 3.26. The molecular formula is C12H11ClN2O2. The van der Waals surface area contributed by atoms with Crippen LogP contribution in [-0.2, 0) is 11.3 Å². The molecule has 0 unspecified atom stereocenters. The molecule has 0 atom stereocenters. The Morgan fingerprint density at radius 3 is 2.88 bits per heavy atom. The zero-order valence-corrected chi connectivity index (χ0v) is 9.99. The van der Waals surface area contributed by atoms with Gasteiger partial charge in [0.05, 0.1) is 17.1 Å². The maximum Gasteiger partial charge on any atom is 0.267 e. The van der Waals surface area contributed by atoms with E-state index < -0.39 is 5.91 Å². The van der Waals surface area contributed by atoms with Crippen molar-refractivity contribution in [2.45, 2.75) is 6.61 Å². The molecule has 88 valence electrons. The van der Waals surface area contributed by atoms with E-state index in [0.29, 0.717) is 17.1 Å². The van der Waals surface area contributed by atoms with Crippen LogP contribution in [0.2, 0.25) is 5.02 Å². The Morgan fingerprint density at radius 1 is 1.47 bits per heavy atom. The SMILES string of the molecule is COCc1ccc2nc(C(N)=O)cc(Cl)c2c1. The summed E-state index contributed by atoms with van der Waals surface area (Å²) in [5.41, 5.74) is 6.98. The Labute approximate surface area is 103 Å². The van der Waals surface area contributed by atoms with Crippen molar-refractivity contribution in [3.05, 3.63) is 40.5 Å². The molecule has 2 aromatic rings. The van der Waals surface area contributed by atoms with Crippen LogP contribution in [-0.4, -0.2) is 18.0 Å². The summed E-state index contributed by atoms with van der Waals surface area (Å²) in [7, 11) is 1.63. The molecule has 2 N–H and O–H groups in total. The van der Waals surface area contributed by atoms with Crippen LogP contribution in [0.15, 0.2) is 24.3 Å². The number of primary amides is 1. The van der Waals surface area contributed by atoms with Crippen molar-refractivity contribution in [1.29, 1.82) is 0 Å². The lowest BCUT2D eigenvalue weighted by atomic mass is 10.1. The molecule has 0 bridgehead atoms. The lowest BCUT2D eigenvalue weighted by molar-refractivity contribution is 0.0996. The summed E-state index contributed by atoms with van der Waals surface area (Å²) in [6.07, 6.45) is 0. The molecule has 17 heavy (non-hydrogen) atoms. The Hall–Kier alpha value is -1.65. The second-order valence-corrected chi connectivity index (χ2v) is 4.05. The van der Waals surface area contributed by atoms with Gasteiger partial charge >= 0.3 is 0 Å². The molecule has 0 saturated carbocycles. The third kappa shape index (κ3) is 2.38. The van der Waals surface area contributed by atoms with Gasteiger partial charge in [0, 0.05) is 12.5 Å². The molecule has 1 aromatic carbocycles. The molecule has 4 nitrogen and oxygen atoms in total. The van der Waals surface area contributed by atoms with Gasteiger partial charge in [-0.1, -0.05) is 17.7 Å². The summed E-state index contributed by atoms with van der Waals surface area (Å²) in [6.45, 7) is 0.504. The molecule has 5 heteroatoms. The predicted molar refractivity (Wildman–Crippen MR) is 66.0 cm³/mol. The summed E-state index contributed by atoms with van der Waals surface area (Å²) in [4.78, 5) is 15.2. The fraction of sp³-hybridized carbons (Fsp3) is 0.167. The van der Waals surface area contributed by atoms with Crippen LogP contribution >= 0.6 is 11.6 Å². The second kappa shape index (κ2) is 4.69. The van der Waals surface area contributed by atoms with E-state index in [1.165, 1.54) is 6.07 Å². The molecule has 0 radical (unpaired) electrons. The van der Waals surface area contributed by atoms with Crippen molar-refractivity contribution in [3.8, 4) is 0 Å². The number of hydrogen-bond acceptors (Lipinski definition) is 3. The minimum atomic E-state index is -0.588. The summed E-state index contributed by atoms with van der Waals surface area (Å²) >= 11 is 6.09. The van der Waals surface area contributed by atoms with Gasteiger partial charge in [0.15, 0.2) is 0 Å². The van der Waals surface area contributed by atoms with Gasteiger partial charge in [0.25, 0.3) is 5.91 Å². The van der Waals surface area contributed by atoms with Crippen molar-refractivity contribution in [2.24, 2.45) is 5.73 Å². The highest BCUT2D eigenvalue weighted by Gasteiger charge is 2.08. The van der Waals surface area contributed by atoms with E-state index in [1.807, 2.05) is 12.1 Å². The summed E-state index contributed by atoms with van der Waals surface area (Å²) in [6, 6.07) is 7.03. The van der Waals surface area contributed by atoms with Gasteiger partial charge in [-0.3, -0.25) is 4.79 Å². The van der Waals surface area contributed by atoms with Crippen LogP contribution in [0.4, 0.5) is 0 Å². The number of rotatable bonds is 3. The van der Waals surface area contributed by atoms with Crippen molar-refractivity contribution in [3.63, 3.8) is 0 Å². The zero-order chi connectivity index (χ0) is 12.4. The highest BCUT2D eigenvalue weighted by atomic mass is 35.5. The lowest BCUT2D eigenvalue weighted by Crippen LogP contribution is -2.13. The van der Waals surface area contributed by atoms with Gasteiger partial charge in [0.2, 0.25) is 0 Å². The number of carbonyl (C=O) groups is 1. The van der Waals surface area contributed by atoms with E-state index in [9.17, 15) is 4.79 Å². The number of amides is 1. The first-order valence-corrected chi connectivity index (χ1v) is 5.37. The molecule has 0 aliphatic heterocycles. The van der Waals surface area contributed by atoms with Crippen LogP contribution < -0.4 is 5.73 Å². The van der Waals surface area contributed by atoms with E-state index in [0.717, 1.165) is 10.9 Å². The van der Waals surface area contributed by atoms with Crippen LogP contribution in [0.1, 0.15) is 16.1 Å². The average Bonchev–Trinajstić information content (AvgIpc) is 2.30. The first kappa shape index (κ1) is 11.8. The third-order valence-electron chi connectivity index (χ3n) is 2.39. The van der Waals surface area contributed by atoms with E-state index >= 15 is 0 Å².